The van der Waals surface area contributed by atoms with E-state index in [1.54, 1.807) is 31.2 Å². The smallest absolute Gasteiger partial charge is 0.265 e. The summed E-state index contributed by atoms with van der Waals surface area (Å²) in [6, 6.07) is 14.8. The van der Waals surface area contributed by atoms with Gasteiger partial charge in [0, 0.05) is 24.3 Å². The quantitative estimate of drug-likeness (QED) is 0.814. The Morgan fingerprint density at radius 1 is 1.00 bits per heavy atom. The van der Waals surface area contributed by atoms with E-state index in [0.717, 1.165) is 32.4 Å². The summed E-state index contributed by atoms with van der Waals surface area (Å²) in [4.78, 5) is 26.8. The van der Waals surface area contributed by atoms with Gasteiger partial charge in [-0.15, -0.1) is 0 Å². The van der Waals surface area contributed by atoms with Gasteiger partial charge in [0.1, 0.15) is 5.75 Å². The first-order valence-electron chi connectivity index (χ1n) is 10.0. The van der Waals surface area contributed by atoms with Gasteiger partial charge >= 0.3 is 0 Å². The van der Waals surface area contributed by atoms with Gasteiger partial charge in [0.05, 0.1) is 0 Å². The van der Waals surface area contributed by atoms with E-state index < -0.39 is 6.10 Å². The molecular weight excluding hydrogens is 352 g/mol. The van der Waals surface area contributed by atoms with Gasteiger partial charge in [-0.1, -0.05) is 19.1 Å². The highest BCUT2D eigenvalue weighted by molar-refractivity contribution is 5.96. The summed E-state index contributed by atoms with van der Waals surface area (Å²) in [6.45, 7) is 5.46. The van der Waals surface area contributed by atoms with Crippen LogP contribution in [-0.2, 0) is 11.2 Å². The minimum absolute atomic E-state index is 0.0600. The van der Waals surface area contributed by atoms with E-state index in [1.807, 2.05) is 29.2 Å². The zero-order valence-electron chi connectivity index (χ0n) is 16.6. The van der Waals surface area contributed by atoms with Gasteiger partial charge in [0.25, 0.3) is 11.8 Å². The average Bonchev–Trinajstić information content (AvgIpc) is 2.75. The lowest BCUT2D eigenvalue weighted by Gasteiger charge is -2.26. The summed E-state index contributed by atoms with van der Waals surface area (Å²) in [6.07, 6.45) is 3.67. The van der Waals surface area contributed by atoms with Gasteiger partial charge in [-0.25, -0.2) is 0 Å². The van der Waals surface area contributed by atoms with Gasteiger partial charge in [-0.3, -0.25) is 9.59 Å². The van der Waals surface area contributed by atoms with E-state index in [4.69, 9.17) is 4.74 Å². The van der Waals surface area contributed by atoms with Crippen LogP contribution in [0.2, 0.25) is 0 Å². The molecule has 5 nitrogen and oxygen atoms in total. The van der Waals surface area contributed by atoms with E-state index in [1.165, 1.54) is 12.0 Å². The third kappa shape index (κ3) is 5.12. The highest BCUT2D eigenvalue weighted by Crippen LogP contribution is 2.17. The number of nitrogens with one attached hydrogen (secondary N) is 1. The van der Waals surface area contributed by atoms with Crippen molar-refractivity contribution in [2.45, 2.75) is 45.6 Å². The van der Waals surface area contributed by atoms with Crippen LogP contribution >= 0.6 is 0 Å². The number of likely N-dealkylation sites (tertiary alicyclic amines) is 1. The van der Waals surface area contributed by atoms with E-state index in [2.05, 4.69) is 12.2 Å². The molecule has 5 heteroatoms. The molecule has 1 unspecified atom stereocenters. The Kier molecular flexibility index (Phi) is 6.69. The molecule has 3 rings (SSSR count). The topological polar surface area (TPSA) is 58.6 Å². The number of aryl methyl sites for hydroxylation is 1. The molecule has 28 heavy (non-hydrogen) atoms. The van der Waals surface area contributed by atoms with E-state index >= 15 is 0 Å². The first-order valence-corrected chi connectivity index (χ1v) is 10.0. The van der Waals surface area contributed by atoms with Crippen molar-refractivity contribution in [1.82, 2.24) is 4.90 Å². The summed E-state index contributed by atoms with van der Waals surface area (Å²) in [7, 11) is 0. The molecule has 1 N–H and O–H groups in total. The normalized spacial score (nSPS) is 15.0. The van der Waals surface area contributed by atoms with Crippen LogP contribution in [0.25, 0.3) is 0 Å². The summed E-state index contributed by atoms with van der Waals surface area (Å²) in [5.74, 6) is 0.502. The lowest BCUT2D eigenvalue weighted by molar-refractivity contribution is -0.122. The van der Waals surface area contributed by atoms with Crippen molar-refractivity contribution in [2.24, 2.45) is 0 Å². The van der Waals surface area contributed by atoms with Crippen LogP contribution in [0.3, 0.4) is 0 Å². The molecule has 0 bridgehead atoms. The number of hydrogen-bond acceptors (Lipinski definition) is 3. The first kappa shape index (κ1) is 19.9. The predicted molar refractivity (Wildman–Crippen MR) is 111 cm³/mol. The van der Waals surface area contributed by atoms with Crippen LogP contribution < -0.4 is 10.1 Å². The third-order valence-electron chi connectivity index (χ3n) is 5.06. The number of rotatable bonds is 6. The van der Waals surface area contributed by atoms with Crippen molar-refractivity contribution in [3.8, 4) is 5.75 Å². The molecule has 2 aromatic carbocycles. The second-order valence-electron chi connectivity index (χ2n) is 7.18. The first-order chi connectivity index (χ1) is 13.6. The van der Waals surface area contributed by atoms with Gasteiger partial charge in [0.15, 0.2) is 6.10 Å². The number of nitrogens with zero attached hydrogens (tertiary/aromatic N) is 1. The van der Waals surface area contributed by atoms with Crippen molar-refractivity contribution in [1.29, 1.82) is 0 Å². The number of carbonyl (C=O) groups excluding carboxylic acids is 2. The predicted octanol–water partition coefficient (Wildman–Crippen LogP) is 4.28. The molecule has 0 aliphatic carbocycles. The minimum atomic E-state index is -0.623. The maximum absolute atomic E-state index is 12.5. The molecule has 1 aliphatic heterocycles. The number of amides is 2. The molecule has 2 aromatic rings. The van der Waals surface area contributed by atoms with Gasteiger partial charge < -0.3 is 15.0 Å². The fourth-order valence-corrected chi connectivity index (χ4v) is 3.28. The molecule has 0 spiro atoms. The molecule has 1 fully saturated rings. The number of hydrogen-bond donors (Lipinski definition) is 1. The zero-order valence-corrected chi connectivity index (χ0v) is 16.6. The Labute approximate surface area is 166 Å². The van der Waals surface area contributed by atoms with Gasteiger partial charge in [-0.2, -0.15) is 0 Å². The lowest BCUT2D eigenvalue weighted by atomic mass is 10.1. The second-order valence-corrected chi connectivity index (χ2v) is 7.18. The lowest BCUT2D eigenvalue weighted by Crippen LogP contribution is -2.35. The molecule has 0 aromatic heterocycles. The summed E-state index contributed by atoms with van der Waals surface area (Å²) in [5, 5.41) is 2.84. The molecule has 0 saturated carbocycles. The van der Waals surface area contributed by atoms with Crippen molar-refractivity contribution >= 4 is 17.5 Å². The maximum Gasteiger partial charge on any atom is 0.265 e. The van der Waals surface area contributed by atoms with Crippen molar-refractivity contribution in [3.63, 3.8) is 0 Å². The molecular formula is C23H28N2O3. The van der Waals surface area contributed by atoms with Crippen LogP contribution in [0.4, 0.5) is 5.69 Å². The zero-order chi connectivity index (χ0) is 19.9. The van der Waals surface area contributed by atoms with Crippen LogP contribution in [0, 0.1) is 0 Å². The Bertz CT molecular complexity index is 794. The SMILES string of the molecule is CCc1ccc(OC(C)C(=O)Nc2ccc(C(=O)N3CCCCC3)cc2)cc1. The Hall–Kier alpha value is -2.82. The molecule has 1 saturated heterocycles. The standard InChI is InChI=1S/C23H28N2O3/c1-3-18-7-13-21(14-8-18)28-17(2)22(26)24-20-11-9-19(10-12-20)23(27)25-15-5-4-6-16-25/h7-14,17H,3-6,15-16H2,1-2H3,(H,24,26). The number of piperidine rings is 1. The summed E-state index contributed by atoms with van der Waals surface area (Å²) < 4.78 is 5.72. The molecule has 2 amide bonds. The van der Waals surface area contributed by atoms with E-state index in [9.17, 15) is 9.59 Å². The summed E-state index contributed by atoms with van der Waals surface area (Å²) >= 11 is 0. The monoisotopic (exact) mass is 380 g/mol. The fraction of sp³-hybridized carbons (Fsp3) is 0.391. The molecule has 148 valence electrons. The Morgan fingerprint density at radius 2 is 1.64 bits per heavy atom. The van der Waals surface area contributed by atoms with E-state index in [-0.39, 0.29) is 11.8 Å². The number of anilines is 1. The number of benzene rings is 2. The van der Waals surface area contributed by atoms with Crippen LogP contribution in [0.1, 0.15) is 49.0 Å². The van der Waals surface area contributed by atoms with Crippen molar-refractivity contribution < 1.29 is 14.3 Å². The average molecular weight is 380 g/mol. The largest absolute Gasteiger partial charge is 0.481 e. The maximum atomic E-state index is 12.5. The third-order valence-corrected chi connectivity index (χ3v) is 5.06. The van der Waals surface area contributed by atoms with Gasteiger partial charge in [0.2, 0.25) is 0 Å². The van der Waals surface area contributed by atoms with Crippen LogP contribution in [0.15, 0.2) is 48.5 Å². The Morgan fingerprint density at radius 3 is 2.25 bits per heavy atom. The van der Waals surface area contributed by atoms with Crippen molar-refractivity contribution in [3.05, 3.63) is 59.7 Å². The molecule has 0 radical (unpaired) electrons. The summed E-state index contributed by atoms with van der Waals surface area (Å²) in [5.41, 5.74) is 2.53. The van der Waals surface area contributed by atoms with Crippen molar-refractivity contribution in [2.75, 3.05) is 18.4 Å². The minimum Gasteiger partial charge on any atom is -0.481 e. The molecule has 1 aliphatic rings. The van der Waals surface area contributed by atoms with Gasteiger partial charge in [-0.05, 0) is 74.6 Å². The second kappa shape index (κ2) is 9.40. The highest BCUT2D eigenvalue weighted by Gasteiger charge is 2.19. The Balaban J connectivity index is 1.55. The van der Waals surface area contributed by atoms with Crippen LogP contribution in [0.5, 0.6) is 5.75 Å². The molecule has 1 atom stereocenters. The fourth-order valence-electron chi connectivity index (χ4n) is 3.28. The molecule has 1 heterocycles. The van der Waals surface area contributed by atoms with Crippen LogP contribution in [-0.4, -0.2) is 35.9 Å². The number of ether oxygens (including phenoxy) is 1. The highest BCUT2D eigenvalue weighted by atomic mass is 16.5. The number of carbonyl (C=O) groups is 2. The van der Waals surface area contributed by atoms with E-state index in [0.29, 0.717) is 17.0 Å².